The first-order chi connectivity index (χ1) is 9.61. The summed E-state index contributed by atoms with van der Waals surface area (Å²) in [5.74, 6) is 0.899. The van der Waals surface area contributed by atoms with E-state index in [4.69, 9.17) is 17.3 Å². The molecule has 3 N–H and O–H groups in total. The Kier molecular flexibility index (Phi) is 5.63. The first kappa shape index (κ1) is 15.5. The van der Waals surface area contributed by atoms with Gasteiger partial charge in [-0.15, -0.1) is 0 Å². The summed E-state index contributed by atoms with van der Waals surface area (Å²) in [6.07, 6.45) is 3.50. The molecule has 1 unspecified atom stereocenters. The van der Waals surface area contributed by atoms with E-state index in [9.17, 15) is 4.79 Å². The summed E-state index contributed by atoms with van der Waals surface area (Å²) >= 11 is 9.38. The summed E-state index contributed by atoms with van der Waals surface area (Å²) in [6, 6.07) is 1.82. The van der Waals surface area contributed by atoms with Crippen molar-refractivity contribution >= 4 is 39.3 Å². The number of piperidine rings is 1. The van der Waals surface area contributed by atoms with Gasteiger partial charge in [0.1, 0.15) is 5.82 Å². The third-order valence-electron chi connectivity index (χ3n) is 3.32. The Labute approximate surface area is 132 Å². The maximum atomic E-state index is 12.0. The molecule has 0 spiro atoms. The van der Waals surface area contributed by atoms with Gasteiger partial charge in [-0.25, -0.2) is 4.98 Å². The number of amides is 1. The molecule has 1 aromatic heterocycles. The van der Waals surface area contributed by atoms with Crippen LogP contribution in [0.5, 0.6) is 0 Å². The van der Waals surface area contributed by atoms with Crippen molar-refractivity contribution in [3.63, 3.8) is 0 Å². The number of nitrogens with two attached hydrogens (primary N) is 1. The lowest BCUT2D eigenvalue weighted by atomic mass is 9.97. The highest BCUT2D eigenvalue weighted by Crippen LogP contribution is 2.29. The van der Waals surface area contributed by atoms with Crippen molar-refractivity contribution in [3.05, 3.63) is 21.8 Å². The molecule has 1 aliphatic rings. The Balaban J connectivity index is 2.04. The van der Waals surface area contributed by atoms with E-state index in [2.05, 4.69) is 31.1 Å². The van der Waals surface area contributed by atoms with E-state index in [0.717, 1.165) is 29.7 Å². The maximum absolute atomic E-state index is 12.0. The van der Waals surface area contributed by atoms with Crippen molar-refractivity contribution < 1.29 is 4.79 Å². The van der Waals surface area contributed by atoms with Crippen LogP contribution in [0.25, 0.3) is 0 Å². The van der Waals surface area contributed by atoms with Crippen LogP contribution in [-0.2, 0) is 4.79 Å². The molecule has 2 rings (SSSR count). The van der Waals surface area contributed by atoms with Gasteiger partial charge in [-0.2, -0.15) is 0 Å². The zero-order valence-electron chi connectivity index (χ0n) is 11.1. The number of rotatable bonds is 4. The van der Waals surface area contributed by atoms with Gasteiger partial charge in [0.15, 0.2) is 0 Å². The molecule has 0 radical (unpaired) electrons. The predicted octanol–water partition coefficient (Wildman–Crippen LogP) is 1.79. The number of carbonyl (C=O) groups excluding carboxylic acids is 1. The molecule has 0 saturated carbocycles. The molecule has 1 saturated heterocycles. The van der Waals surface area contributed by atoms with Gasteiger partial charge in [0, 0.05) is 32.4 Å². The lowest BCUT2D eigenvalue weighted by molar-refractivity contribution is -0.125. The van der Waals surface area contributed by atoms with Crippen LogP contribution in [0.2, 0.25) is 5.02 Å². The van der Waals surface area contributed by atoms with Crippen LogP contribution in [0.15, 0.2) is 16.7 Å². The minimum Gasteiger partial charge on any atom is -0.355 e. The van der Waals surface area contributed by atoms with Gasteiger partial charge < -0.3 is 16.0 Å². The summed E-state index contributed by atoms with van der Waals surface area (Å²) in [5.41, 5.74) is 5.40. The minimum atomic E-state index is -0.0142. The van der Waals surface area contributed by atoms with E-state index in [-0.39, 0.29) is 11.8 Å². The minimum absolute atomic E-state index is 0.0142. The fourth-order valence-corrected chi connectivity index (χ4v) is 3.25. The van der Waals surface area contributed by atoms with E-state index in [0.29, 0.717) is 24.7 Å². The van der Waals surface area contributed by atoms with Crippen LogP contribution in [0.1, 0.15) is 12.8 Å². The lowest BCUT2D eigenvalue weighted by Gasteiger charge is -2.33. The first-order valence-electron chi connectivity index (χ1n) is 6.65. The van der Waals surface area contributed by atoms with Crippen LogP contribution in [0, 0.1) is 5.92 Å². The van der Waals surface area contributed by atoms with E-state index >= 15 is 0 Å². The Morgan fingerprint density at radius 3 is 3.15 bits per heavy atom. The van der Waals surface area contributed by atoms with E-state index in [1.165, 1.54) is 0 Å². The van der Waals surface area contributed by atoms with Crippen molar-refractivity contribution in [2.24, 2.45) is 11.7 Å². The Morgan fingerprint density at radius 1 is 1.65 bits per heavy atom. The fraction of sp³-hybridized carbons (Fsp3) is 0.538. The molecule has 5 nitrogen and oxygen atoms in total. The molecule has 0 bridgehead atoms. The lowest BCUT2D eigenvalue weighted by Crippen LogP contribution is -2.44. The van der Waals surface area contributed by atoms with Gasteiger partial charge in [0.05, 0.1) is 15.4 Å². The number of hydrogen-bond acceptors (Lipinski definition) is 4. The van der Waals surface area contributed by atoms with Crippen LogP contribution in [0.3, 0.4) is 0 Å². The second-order valence-corrected chi connectivity index (χ2v) is 6.11. The number of aromatic nitrogens is 1. The monoisotopic (exact) mass is 360 g/mol. The summed E-state index contributed by atoms with van der Waals surface area (Å²) in [4.78, 5) is 18.5. The van der Waals surface area contributed by atoms with Crippen molar-refractivity contribution in [1.82, 2.24) is 10.3 Å². The third kappa shape index (κ3) is 3.84. The van der Waals surface area contributed by atoms with Gasteiger partial charge in [0.2, 0.25) is 5.91 Å². The van der Waals surface area contributed by atoms with Gasteiger partial charge >= 0.3 is 0 Å². The molecule has 20 heavy (non-hydrogen) atoms. The molecule has 1 amide bonds. The smallest absolute Gasteiger partial charge is 0.224 e. The van der Waals surface area contributed by atoms with E-state index < -0.39 is 0 Å². The van der Waals surface area contributed by atoms with Gasteiger partial charge in [-0.3, -0.25) is 4.79 Å². The average Bonchev–Trinajstić information content (AvgIpc) is 2.45. The number of pyridine rings is 1. The summed E-state index contributed by atoms with van der Waals surface area (Å²) < 4.78 is 0.855. The molecule has 2 heterocycles. The highest BCUT2D eigenvalue weighted by Gasteiger charge is 2.27. The molecule has 1 fully saturated rings. The number of carbonyl (C=O) groups is 1. The number of halogens is 2. The van der Waals surface area contributed by atoms with Crippen molar-refractivity contribution in [1.29, 1.82) is 0 Å². The molecule has 1 aliphatic heterocycles. The first-order valence-corrected chi connectivity index (χ1v) is 7.82. The molecule has 1 atom stereocenters. The highest BCUT2D eigenvalue weighted by molar-refractivity contribution is 9.10. The molecule has 0 aromatic carbocycles. The quantitative estimate of drug-likeness (QED) is 0.858. The SMILES string of the molecule is NCCNC(=O)C1CCCN(c2ncc(Cl)cc2Br)C1. The van der Waals surface area contributed by atoms with Crippen molar-refractivity contribution in [2.75, 3.05) is 31.1 Å². The van der Waals surface area contributed by atoms with Crippen LogP contribution >= 0.6 is 27.5 Å². The third-order valence-corrected chi connectivity index (χ3v) is 4.11. The molecular formula is C13H18BrClN4O. The second kappa shape index (κ2) is 7.24. The molecule has 1 aromatic rings. The summed E-state index contributed by atoms with van der Waals surface area (Å²) in [7, 11) is 0. The fourth-order valence-electron chi connectivity index (χ4n) is 2.36. The van der Waals surface area contributed by atoms with E-state index in [1.54, 1.807) is 6.20 Å². The summed E-state index contributed by atoms with van der Waals surface area (Å²) in [5, 5.41) is 3.45. The van der Waals surface area contributed by atoms with Crippen LogP contribution in [-0.4, -0.2) is 37.1 Å². The number of hydrogen-bond donors (Lipinski definition) is 2. The molecule has 0 aliphatic carbocycles. The normalized spacial score (nSPS) is 18.9. The van der Waals surface area contributed by atoms with Crippen LogP contribution < -0.4 is 16.0 Å². The Morgan fingerprint density at radius 2 is 2.45 bits per heavy atom. The van der Waals surface area contributed by atoms with Crippen molar-refractivity contribution in [2.45, 2.75) is 12.8 Å². The van der Waals surface area contributed by atoms with Crippen molar-refractivity contribution in [3.8, 4) is 0 Å². The topological polar surface area (TPSA) is 71.2 Å². The Bertz CT molecular complexity index is 485. The maximum Gasteiger partial charge on any atom is 0.224 e. The zero-order valence-corrected chi connectivity index (χ0v) is 13.5. The number of nitrogens with one attached hydrogen (secondary N) is 1. The average molecular weight is 362 g/mol. The van der Waals surface area contributed by atoms with Gasteiger partial charge in [-0.1, -0.05) is 11.6 Å². The van der Waals surface area contributed by atoms with Gasteiger partial charge in [-0.05, 0) is 34.8 Å². The van der Waals surface area contributed by atoms with E-state index in [1.807, 2.05) is 6.07 Å². The molecule has 110 valence electrons. The predicted molar refractivity (Wildman–Crippen MR) is 83.9 cm³/mol. The Hall–Kier alpha value is -0.850. The molecular weight excluding hydrogens is 344 g/mol. The second-order valence-electron chi connectivity index (χ2n) is 4.82. The van der Waals surface area contributed by atoms with Gasteiger partial charge in [0.25, 0.3) is 0 Å². The summed E-state index contributed by atoms with van der Waals surface area (Å²) in [6.45, 7) is 2.56. The highest BCUT2D eigenvalue weighted by atomic mass is 79.9. The number of nitrogens with zero attached hydrogens (tertiary/aromatic N) is 2. The largest absolute Gasteiger partial charge is 0.355 e. The molecule has 7 heteroatoms. The zero-order chi connectivity index (χ0) is 14.5. The standard InChI is InChI=1S/C13H18BrClN4O/c14-11-6-10(15)7-18-12(11)19-5-1-2-9(8-19)13(20)17-4-3-16/h6-7,9H,1-5,8,16H2,(H,17,20). The number of anilines is 1. The van der Waals surface area contributed by atoms with Crippen LogP contribution in [0.4, 0.5) is 5.82 Å².